The Labute approximate surface area is 109 Å². The van der Waals surface area contributed by atoms with Crippen molar-refractivity contribution < 1.29 is 0 Å². The van der Waals surface area contributed by atoms with Gasteiger partial charge in [0.2, 0.25) is 0 Å². The van der Waals surface area contributed by atoms with E-state index in [0.29, 0.717) is 5.92 Å². The predicted molar refractivity (Wildman–Crippen MR) is 75.1 cm³/mol. The Balaban J connectivity index is 2.07. The van der Waals surface area contributed by atoms with Gasteiger partial charge in [-0.2, -0.15) is 5.10 Å². The van der Waals surface area contributed by atoms with Gasteiger partial charge < -0.3 is 5.73 Å². The van der Waals surface area contributed by atoms with Crippen LogP contribution in [0.15, 0.2) is 42.7 Å². The molecule has 2 aromatic rings. The molecule has 0 saturated heterocycles. The Morgan fingerprint density at radius 3 is 2.61 bits per heavy atom. The van der Waals surface area contributed by atoms with E-state index >= 15 is 0 Å². The Bertz CT molecular complexity index is 475. The fraction of sp³-hybridized carbons (Fsp3) is 0.400. The van der Waals surface area contributed by atoms with Crippen molar-refractivity contribution in [1.82, 2.24) is 9.78 Å². The Kier molecular flexibility index (Phi) is 4.15. The molecule has 0 radical (unpaired) electrons. The number of rotatable bonds is 5. The summed E-state index contributed by atoms with van der Waals surface area (Å²) in [6, 6.07) is 10.5. The van der Waals surface area contributed by atoms with Crippen LogP contribution < -0.4 is 5.73 Å². The molecule has 0 aliphatic rings. The van der Waals surface area contributed by atoms with Crippen LogP contribution in [0.2, 0.25) is 0 Å². The maximum absolute atomic E-state index is 6.15. The van der Waals surface area contributed by atoms with E-state index in [-0.39, 0.29) is 6.04 Å². The maximum Gasteiger partial charge on any atom is 0.0568 e. The molecule has 1 aromatic heterocycles. The molecule has 1 heterocycles. The first-order chi connectivity index (χ1) is 8.70. The lowest BCUT2D eigenvalue weighted by atomic mass is 10.0. The highest BCUT2D eigenvalue weighted by Gasteiger charge is 2.12. The molecule has 2 atom stereocenters. The molecule has 0 spiro atoms. The van der Waals surface area contributed by atoms with Gasteiger partial charge in [0.1, 0.15) is 0 Å². The second kappa shape index (κ2) is 5.83. The molecule has 2 unspecified atom stereocenters. The van der Waals surface area contributed by atoms with Gasteiger partial charge in [-0.3, -0.25) is 4.68 Å². The zero-order valence-electron chi connectivity index (χ0n) is 11.1. The summed E-state index contributed by atoms with van der Waals surface area (Å²) in [5, 5.41) is 4.39. The van der Waals surface area contributed by atoms with Crippen molar-refractivity contribution in [3.05, 3.63) is 42.7 Å². The summed E-state index contributed by atoms with van der Waals surface area (Å²) in [4.78, 5) is 0. The van der Waals surface area contributed by atoms with Crippen LogP contribution in [-0.4, -0.2) is 15.8 Å². The third kappa shape index (κ3) is 2.99. The van der Waals surface area contributed by atoms with Crippen LogP contribution in [0, 0.1) is 5.92 Å². The van der Waals surface area contributed by atoms with Crippen molar-refractivity contribution in [2.45, 2.75) is 32.9 Å². The van der Waals surface area contributed by atoms with Crippen LogP contribution in [0.1, 0.15) is 20.3 Å². The number of aromatic nitrogens is 2. The third-order valence-corrected chi connectivity index (χ3v) is 3.51. The monoisotopic (exact) mass is 243 g/mol. The zero-order chi connectivity index (χ0) is 13.0. The maximum atomic E-state index is 6.15. The van der Waals surface area contributed by atoms with Crippen LogP contribution in [0.25, 0.3) is 11.1 Å². The number of nitrogens with two attached hydrogens (primary N) is 1. The minimum atomic E-state index is 0.165. The quantitative estimate of drug-likeness (QED) is 0.877. The van der Waals surface area contributed by atoms with Crippen LogP contribution in [0.5, 0.6) is 0 Å². The van der Waals surface area contributed by atoms with E-state index in [0.717, 1.165) is 18.5 Å². The van der Waals surface area contributed by atoms with E-state index in [1.54, 1.807) is 0 Å². The van der Waals surface area contributed by atoms with Crippen molar-refractivity contribution in [2.75, 3.05) is 0 Å². The van der Waals surface area contributed by atoms with Crippen molar-refractivity contribution in [3.8, 4) is 11.1 Å². The Morgan fingerprint density at radius 1 is 1.22 bits per heavy atom. The van der Waals surface area contributed by atoms with Gasteiger partial charge in [0.25, 0.3) is 0 Å². The minimum absolute atomic E-state index is 0.165. The van der Waals surface area contributed by atoms with Crippen molar-refractivity contribution in [1.29, 1.82) is 0 Å². The number of nitrogens with zero attached hydrogens (tertiary/aromatic N) is 2. The highest BCUT2D eigenvalue weighted by atomic mass is 15.3. The smallest absolute Gasteiger partial charge is 0.0568 e. The topological polar surface area (TPSA) is 43.8 Å². The Hall–Kier alpha value is -1.61. The first-order valence-corrected chi connectivity index (χ1v) is 6.54. The highest BCUT2D eigenvalue weighted by molar-refractivity contribution is 5.61. The summed E-state index contributed by atoms with van der Waals surface area (Å²) in [6.07, 6.45) is 5.07. The summed E-state index contributed by atoms with van der Waals surface area (Å²) >= 11 is 0. The van der Waals surface area contributed by atoms with Crippen LogP contribution >= 0.6 is 0 Å². The molecule has 0 amide bonds. The molecule has 2 rings (SSSR count). The van der Waals surface area contributed by atoms with Gasteiger partial charge in [-0.25, -0.2) is 0 Å². The Morgan fingerprint density at radius 2 is 1.94 bits per heavy atom. The lowest BCUT2D eigenvalue weighted by molar-refractivity contribution is 0.381. The number of benzene rings is 1. The molecule has 0 aliphatic carbocycles. The average Bonchev–Trinajstić information content (AvgIpc) is 2.87. The summed E-state index contributed by atoms with van der Waals surface area (Å²) < 4.78 is 1.94. The summed E-state index contributed by atoms with van der Waals surface area (Å²) in [7, 11) is 0. The second-order valence-electron chi connectivity index (χ2n) is 4.87. The largest absolute Gasteiger partial charge is 0.326 e. The number of hydrogen-bond acceptors (Lipinski definition) is 2. The normalized spacial score (nSPS) is 14.4. The summed E-state index contributed by atoms with van der Waals surface area (Å²) in [5.74, 6) is 0.523. The summed E-state index contributed by atoms with van der Waals surface area (Å²) in [6.45, 7) is 5.14. The molecule has 0 aliphatic heterocycles. The van der Waals surface area contributed by atoms with Crippen LogP contribution in [-0.2, 0) is 6.54 Å². The summed E-state index contributed by atoms with van der Waals surface area (Å²) in [5.41, 5.74) is 8.49. The molecule has 3 heteroatoms. The van der Waals surface area contributed by atoms with E-state index in [1.807, 2.05) is 29.1 Å². The standard InChI is InChI=1S/C15H21N3/c1-3-12(2)15(16)11-18-10-14(9-17-18)13-7-5-4-6-8-13/h4-10,12,15H,3,11,16H2,1-2H3. The third-order valence-electron chi connectivity index (χ3n) is 3.51. The van der Waals surface area contributed by atoms with Gasteiger partial charge in [-0.1, -0.05) is 50.6 Å². The van der Waals surface area contributed by atoms with Gasteiger partial charge >= 0.3 is 0 Å². The first-order valence-electron chi connectivity index (χ1n) is 6.54. The van der Waals surface area contributed by atoms with E-state index in [2.05, 4.69) is 37.3 Å². The van der Waals surface area contributed by atoms with Gasteiger partial charge in [0.05, 0.1) is 12.7 Å². The average molecular weight is 243 g/mol. The van der Waals surface area contributed by atoms with E-state index in [4.69, 9.17) is 5.73 Å². The molecular formula is C15H21N3. The second-order valence-corrected chi connectivity index (χ2v) is 4.87. The minimum Gasteiger partial charge on any atom is -0.326 e. The van der Waals surface area contributed by atoms with E-state index < -0.39 is 0 Å². The van der Waals surface area contributed by atoms with E-state index in [1.165, 1.54) is 5.56 Å². The number of hydrogen-bond donors (Lipinski definition) is 1. The van der Waals surface area contributed by atoms with Crippen LogP contribution in [0.4, 0.5) is 0 Å². The predicted octanol–water partition coefficient (Wildman–Crippen LogP) is 2.92. The van der Waals surface area contributed by atoms with Crippen LogP contribution in [0.3, 0.4) is 0 Å². The van der Waals surface area contributed by atoms with Crippen molar-refractivity contribution >= 4 is 0 Å². The fourth-order valence-corrected chi connectivity index (χ4v) is 1.94. The van der Waals surface area contributed by atoms with Gasteiger partial charge in [-0.15, -0.1) is 0 Å². The SMILES string of the molecule is CCC(C)C(N)Cn1cc(-c2ccccc2)cn1. The molecule has 0 bridgehead atoms. The zero-order valence-corrected chi connectivity index (χ0v) is 11.1. The lowest BCUT2D eigenvalue weighted by Crippen LogP contribution is -2.32. The fourth-order valence-electron chi connectivity index (χ4n) is 1.94. The van der Waals surface area contributed by atoms with Crippen molar-refractivity contribution in [3.63, 3.8) is 0 Å². The van der Waals surface area contributed by atoms with Gasteiger partial charge in [-0.05, 0) is 11.5 Å². The van der Waals surface area contributed by atoms with Crippen molar-refractivity contribution in [2.24, 2.45) is 11.7 Å². The molecule has 96 valence electrons. The molecule has 0 fully saturated rings. The first kappa shape index (κ1) is 12.8. The van der Waals surface area contributed by atoms with Gasteiger partial charge in [0, 0.05) is 17.8 Å². The molecule has 3 nitrogen and oxygen atoms in total. The molecule has 0 saturated carbocycles. The molecule has 1 aromatic carbocycles. The molecule has 2 N–H and O–H groups in total. The molecule has 18 heavy (non-hydrogen) atoms. The van der Waals surface area contributed by atoms with E-state index in [9.17, 15) is 0 Å². The van der Waals surface area contributed by atoms with Gasteiger partial charge in [0.15, 0.2) is 0 Å². The highest BCUT2D eigenvalue weighted by Crippen LogP contribution is 2.18. The molecular weight excluding hydrogens is 222 g/mol. The lowest BCUT2D eigenvalue weighted by Gasteiger charge is -2.17.